The molecule has 12 saturated carbocycles. The second kappa shape index (κ2) is 29.3. The summed E-state index contributed by atoms with van der Waals surface area (Å²) in [6, 6.07) is 2.44. The van der Waals surface area contributed by atoms with Gasteiger partial charge in [0, 0.05) is 51.4 Å². The molecule has 12 heteroatoms. The summed E-state index contributed by atoms with van der Waals surface area (Å²) in [6.07, 6.45) is 31.1. The first-order valence-electron chi connectivity index (χ1n) is 40.3. The average molecular weight is 1340 g/mol. The fourth-order valence-corrected chi connectivity index (χ4v) is 29.6. The van der Waals surface area contributed by atoms with Gasteiger partial charge in [-0.05, 0) is 292 Å². The van der Waals surface area contributed by atoms with E-state index < -0.39 is 5.97 Å². The second-order valence-corrected chi connectivity index (χ2v) is 38.1. The third-order valence-corrected chi connectivity index (χ3v) is 33.7. The Morgan fingerprint density at radius 1 is 0.438 bits per heavy atom. The van der Waals surface area contributed by atoms with Crippen molar-refractivity contribution in [2.24, 2.45) is 180 Å². The minimum absolute atomic E-state index is 0.0315. The van der Waals surface area contributed by atoms with Crippen LogP contribution in [0, 0.1) is 186 Å². The lowest BCUT2D eigenvalue weighted by Crippen LogP contribution is -2.62. The molecule has 96 heavy (non-hydrogen) atoms. The van der Waals surface area contributed by atoms with E-state index in [0.717, 1.165) is 56.3 Å². The van der Waals surface area contributed by atoms with Gasteiger partial charge in [-0.15, -0.1) is 0 Å². The van der Waals surface area contributed by atoms with Crippen molar-refractivity contribution in [1.29, 1.82) is 5.26 Å². The van der Waals surface area contributed by atoms with Gasteiger partial charge in [0.05, 0.1) is 12.5 Å². The summed E-state index contributed by atoms with van der Waals surface area (Å²) in [4.78, 5) is 65.0. The summed E-state index contributed by atoms with van der Waals surface area (Å²) in [5, 5.41) is 18.8. The van der Waals surface area contributed by atoms with E-state index >= 15 is 0 Å². The first kappa shape index (κ1) is 75.5. The molecular weight excluding hydrogens is 1200 g/mol. The molecule has 3 N–H and O–H groups in total. The number of nitrogens with zero attached hydrogens (tertiary/aromatic N) is 1. The van der Waals surface area contributed by atoms with E-state index in [-0.39, 0.29) is 71.3 Å². The first-order chi connectivity index (χ1) is 45.3. The Kier molecular flexibility index (Phi) is 23.0. The van der Waals surface area contributed by atoms with Crippen LogP contribution in [-0.4, -0.2) is 53.3 Å². The minimum Gasteiger partial charge on any atom is -0.481 e. The molecule has 0 amide bonds. The van der Waals surface area contributed by atoms with Gasteiger partial charge in [0.15, 0.2) is 0 Å². The number of hydrogen-bond donors (Lipinski definition) is 2. The SMILES string of the molecule is CC[C@H]1[C@@H](OC(C)=O)C2C3CC[C@H]([C@H](C)CC#N)[C@@]3(C)CCC2[C@@]2(C)CC[C@@H](C)C[C@@H]12.CC[C@H]1[C@@H](OC(C)=O)C2C3CC[C@H]([C@H](C)CC(=O)O)[C@@]3(C)CCC2[C@@]2(C)CC[C@@H](C)C[C@@H]12.CC[C@H]1[C@@H](OC(C)=O)C2C3CC[C@H]([C@H](C)CC(=O)ON)[C@@]3(C)CCC2[C@@]2(C)CC[C@@H](C)C[C@@H]12. The lowest BCUT2D eigenvalue weighted by atomic mass is 9.41. The Bertz CT molecular complexity index is 2800. The molecule has 12 fully saturated rings. The third-order valence-electron chi connectivity index (χ3n) is 33.7. The van der Waals surface area contributed by atoms with E-state index in [4.69, 9.17) is 20.1 Å². The first-order valence-corrected chi connectivity index (χ1v) is 40.3. The Morgan fingerprint density at radius 2 is 0.719 bits per heavy atom. The molecule has 0 aromatic carbocycles. The quantitative estimate of drug-likeness (QED) is 0.0951. The van der Waals surface area contributed by atoms with E-state index in [1.165, 1.54) is 116 Å². The number of hydrogen-bond acceptors (Lipinski definition) is 11. The van der Waals surface area contributed by atoms with E-state index in [1.54, 1.807) is 20.8 Å². The van der Waals surface area contributed by atoms with Crippen molar-refractivity contribution in [3.05, 3.63) is 0 Å². The number of nitriles is 1. The molecule has 0 aromatic heterocycles. The topological polar surface area (TPSA) is 192 Å². The van der Waals surface area contributed by atoms with Crippen LogP contribution in [0.1, 0.15) is 298 Å². The van der Waals surface area contributed by atoms with Crippen LogP contribution in [0.25, 0.3) is 0 Å². The van der Waals surface area contributed by atoms with Crippen molar-refractivity contribution in [1.82, 2.24) is 0 Å². The smallest absolute Gasteiger partial charge is 0.324 e. The van der Waals surface area contributed by atoms with Gasteiger partial charge in [0.25, 0.3) is 0 Å². The molecular formula is C84H138N2O10. The van der Waals surface area contributed by atoms with E-state index in [9.17, 15) is 34.3 Å². The van der Waals surface area contributed by atoms with Crippen LogP contribution in [-0.2, 0) is 43.0 Å². The molecule has 12 aliphatic carbocycles. The van der Waals surface area contributed by atoms with Crippen LogP contribution >= 0.6 is 0 Å². The average Bonchev–Trinajstić information content (AvgIpc) is 1.23. The van der Waals surface area contributed by atoms with Crippen LogP contribution < -0.4 is 5.90 Å². The van der Waals surface area contributed by atoms with Crippen molar-refractivity contribution in [3.8, 4) is 6.07 Å². The van der Waals surface area contributed by atoms with Gasteiger partial charge < -0.3 is 24.2 Å². The number of carbonyl (C=O) groups excluding carboxylic acids is 4. The monoisotopic (exact) mass is 1340 g/mol. The van der Waals surface area contributed by atoms with E-state index in [0.29, 0.717) is 147 Å². The highest BCUT2D eigenvalue weighted by Gasteiger charge is 2.70. The van der Waals surface area contributed by atoms with Gasteiger partial charge >= 0.3 is 29.8 Å². The number of ether oxygens (including phenoxy) is 3. The summed E-state index contributed by atoms with van der Waals surface area (Å²) in [6.45, 7) is 40.9. The predicted octanol–water partition coefficient (Wildman–Crippen LogP) is 19.5. The lowest BCUT2D eigenvalue weighted by molar-refractivity contribution is -0.214. The van der Waals surface area contributed by atoms with Crippen LogP contribution in [0.3, 0.4) is 0 Å². The maximum absolute atomic E-state index is 12.4. The summed E-state index contributed by atoms with van der Waals surface area (Å²) < 4.78 is 18.9. The van der Waals surface area contributed by atoms with Crippen molar-refractivity contribution < 1.29 is 48.1 Å². The Labute approximate surface area is 583 Å². The van der Waals surface area contributed by atoms with Gasteiger partial charge in [-0.3, -0.25) is 24.0 Å². The molecule has 544 valence electrons. The fraction of sp³-hybridized carbons (Fsp3) is 0.929. The van der Waals surface area contributed by atoms with Gasteiger partial charge in [0.1, 0.15) is 18.3 Å². The third kappa shape index (κ3) is 13.3. The maximum atomic E-state index is 12.4. The molecule has 12 nitrogen and oxygen atoms in total. The van der Waals surface area contributed by atoms with Crippen molar-refractivity contribution in [2.45, 2.75) is 316 Å². The number of nitrogens with two attached hydrogens (primary N) is 1. The highest BCUT2D eigenvalue weighted by Crippen LogP contribution is 2.74. The normalized spacial score (nSPS) is 48.7. The second-order valence-electron chi connectivity index (χ2n) is 38.1. The zero-order valence-electron chi connectivity index (χ0n) is 63.8. The number of carboxylic acid groups (broad SMARTS) is 1. The van der Waals surface area contributed by atoms with Gasteiger partial charge in [-0.2, -0.15) is 11.2 Å². The highest BCUT2D eigenvalue weighted by molar-refractivity contribution is 5.69. The van der Waals surface area contributed by atoms with Crippen LogP contribution in [0.2, 0.25) is 0 Å². The number of carboxylic acids is 1. The summed E-state index contributed by atoms with van der Waals surface area (Å²) >= 11 is 0. The summed E-state index contributed by atoms with van der Waals surface area (Å²) in [7, 11) is 0. The highest BCUT2D eigenvalue weighted by atomic mass is 16.7. The molecule has 0 spiro atoms. The minimum atomic E-state index is -0.675. The molecule has 12 aliphatic rings. The number of fused-ring (bicyclic) bond motifs is 15. The van der Waals surface area contributed by atoms with Crippen molar-refractivity contribution in [2.75, 3.05) is 0 Å². The molecule has 9 unspecified atom stereocenters. The van der Waals surface area contributed by atoms with E-state index in [2.05, 4.69) is 115 Å². The lowest BCUT2D eigenvalue weighted by Gasteiger charge is -2.65. The van der Waals surface area contributed by atoms with Crippen LogP contribution in [0.4, 0.5) is 0 Å². The summed E-state index contributed by atoms with van der Waals surface area (Å²) in [5.41, 5.74) is 1.73. The summed E-state index contributed by atoms with van der Waals surface area (Å²) in [5.74, 6) is 17.1. The zero-order valence-corrected chi connectivity index (χ0v) is 63.8. The standard InChI is InChI=1S/C28H47NO4.C28H45NO2.C28H46O4/c1-7-19-23-14-16(2)10-12-28(23,6)22-11-13-27(5)20(17(3)15-24(31)33-29)8-9-21(27)25(22)26(19)32-18(4)30;1-7-20-24-16-17(2)10-13-28(24,6)23-11-14-27(5)21(18(3)12-15-29)8-9-22(27)25(23)26(20)31-19(4)30;1-7-19-23-14-16(2)10-12-28(23,6)22-11-13-27(5)20(17(3)15-24(30)31)8-9-21(27)25(22)26(19)32-18(4)29/h16-17,19-23,25-26H,7-15,29H2,1-6H3;17-18,20-26H,7-14,16H2,1-6H3;16-17,19-23,25-26H,7-15H2,1-6H3,(H,30,31)/t16-,17-,19-,20-,21?,22?,23+,25?,26-,27-,28-;17-,18-,20-,21-,22?,23?,24+,25?,26-,27-,28-;16-,17-,19-,20-,21?,22?,23+,25?,26-,27-,28-/m111/s1. The number of carbonyl (C=O) groups is 5. The molecule has 0 aliphatic heterocycles. The molecule has 33 atom stereocenters. The number of aliphatic carboxylic acids is 1. The van der Waals surface area contributed by atoms with Gasteiger partial charge in [0.2, 0.25) is 0 Å². The fourth-order valence-electron chi connectivity index (χ4n) is 29.6. The molecule has 0 heterocycles. The van der Waals surface area contributed by atoms with Crippen LogP contribution in [0.5, 0.6) is 0 Å². The zero-order chi connectivity index (χ0) is 70.1. The van der Waals surface area contributed by atoms with Gasteiger partial charge in [-0.1, -0.05) is 123 Å². The Morgan fingerprint density at radius 3 is 0.990 bits per heavy atom. The number of esters is 3. The Hall–Kier alpha value is -3.20. The maximum Gasteiger partial charge on any atom is 0.324 e. The van der Waals surface area contributed by atoms with Crippen molar-refractivity contribution in [3.63, 3.8) is 0 Å². The number of rotatable bonds is 14. The molecule has 0 aromatic rings. The molecule has 12 rings (SSSR count). The van der Waals surface area contributed by atoms with Crippen LogP contribution in [0.15, 0.2) is 0 Å². The molecule has 0 bridgehead atoms. The largest absolute Gasteiger partial charge is 0.481 e. The molecule has 0 saturated heterocycles. The Balaban J connectivity index is 0.000000157. The van der Waals surface area contributed by atoms with E-state index in [1.807, 2.05) is 0 Å². The van der Waals surface area contributed by atoms with Crippen molar-refractivity contribution >= 4 is 29.8 Å². The predicted molar refractivity (Wildman–Crippen MR) is 378 cm³/mol. The van der Waals surface area contributed by atoms with Gasteiger partial charge in [-0.25, -0.2) is 0 Å². The molecule has 0 radical (unpaired) electrons.